The zero-order chi connectivity index (χ0) is 17.9. The zero-order valence-electron chi connectivity index (χ0n) is 14.8. The van der Waals surface area contributed by atoms with Crippen molar-refractivity contribution in [3.8, 4) is 0 Å². The first kappa shape index (κ1) is 18.4. The van der Waals surface area contributed by atoms with Crippen molar-refractivity contribution in [2.45, 2.75) is 26.2 Å². The number of hydrogen-bond acceptors (Lipinski definition) is 3. The minimum atomic E-state index is -3.40. The van der Waals surface area contributed by atoms with E-state index in [4.69, 9.17) is 0 Å². The van der Waals surface area contributed by atoms with Crippen molar-refractivity contribution in [2.24, 2.45) is 5.92 Å². The quantitative estimate of drug-likeness (QED) is 0.809. The standard InChI is InChI=1S/C18H27N3O3S/c1-16-6-5-9-21(15-16)25(23,24)20-12-10-19(11-13-20)18(22)14-17-7-3-2-4-8-17/h2-4,7-8,16H,5-6,9-15H2,1H3. The molecule has 25 heavy (non-hydrogen) atoms. The van der Waals surface area contributed by atoms with E-state index in [1.54, 1.807) is 9.21 Å². The van der Waals surface area contributed by atoms with Crippen molar-refractivity contribution < 1.29 is 13.2 Å². The summed E-state index contributed by atoms with van der Waals surface area (Å²) >= 11 is 0. The van der Waals surface area contributed by atoms with Gasteiger partial charge >= 0.3 is 0 Å². The van der Waals surface area contributed by atoms with Gasteiger partial charge in [-0.3, -0.25) is 4.79 Å². The molecule has 1 aromatic rings. The van der Waals surface area contributed by atoms with Crippen molar-refractivity contribution in [1.82, 2.24) is 13.5 Å². The van der Waals surface area contributed by atoms with E-state index in [1.165, 1.54) is 4.31 Å². The number of carbonyl (C=O) groups is 1. The van der Waals surface area contributed by atoms with Crippen LogP contribution >= 0.6 is 0 Å². The highest BCUT2D eigenvalue weighted by Gasteiger charge is 2.35. The van der Waals surface area contributed by atoms with Crippen molar-refractivity contribution in [3.05, 3.63) is 35.9 Å². The van der Waals surface area contributed by atoms with Crippen molar-refractivity contribution in [1.29, 1.82) is 0 Å². The van der Waals surface area contributed by atoms with Gasteiger partial charge in [-0.15, -0.1) is 0 Å². The predicted molar refractivity (Wildman–Crippen MR) is 97.2 cm³/mol. The molecular weight excluding hydrogens is 338 g/mol. The van der Waals surface area contributed by atoms with Crippen LogP contribution in [-0.2, 0) is 21.4 Å². The molecule has 0 spiro atoms. The predicted octanol–water partition coefficient (Wildman–Crippen LogP) is 1.35. The average Bonchev–Trinajstić information content (AvgIpc) is 2.62. The maximum atomic E-state index is 12.8. The van der Waals surface area contributed by atoms with Crippen LogP contribution in [0.3, 0.4) is 0 Å². The molecule has 0 radical (unpaired) electrons. The molecule has 2 saturated heterocycles. The number of carbonyl (C=O) groups excluding carboxylic acids is 1. The van der Waals surface area contributed by atoms with Crippen molar-refractivity contribution in [2.75, 3.05) is 39.3 Å². The minimum Gasteiger partial charge on any atom is -0.340 e. The number of nitrogens with zero attached hydrogens (tertiary/aromatic N) is 3. The molecule has 6 nitrogen and oxygen atoms in total. The Labute approximate surface area is 150 Å². The van der Waals surface area contributed by atoms with E-state index in [-0.39, 0.29) is 5.91 Å². The normalized spacial score (nSPS) is 23.6. The Morgan fingerprint density at radius 2 is 1.72 bits per heavy atom. The molecule has 1 amide bonds. The van der Waals surface area contributed by atoms with Gasteiger partial charge in [0, 0.05) is 39.3 Å². The van der Waals surface area contributed by atoms with Crippen molar-refractivity contribution >= 4 is 16.1 Å². The lowest BCUT2D eigenvalue weighted by Gasteiger charge is -2.38. The molecule has 0 aliphatic carbocycles. The average molecular weight is 365 g/mol. The number of amides is 1. The zero-order valence-corrected chi connectivity index (χ0v) is 15.6. The summed E-state index contributed by atoms with van der Waals surface area (Å²) < 4.78 is 28.8. The summed E-state index contributed by atoms with van der Waals surface area (Å²) in [7, 11) is -3.40. The highest BCUT2D eigenvalue weighted by Crippen LogP contribution is 2.21. The summed E-state index contributed by atoms with van der Waals surface area (Å²) in [5.41, 5.74) is 0.991. The highest BCUT2D eigenvalue weighted by molar-refractivity contribution is 7.86. The van der Waals surface area contributed by atoms with Crippen LogP contribution < -0.4 is 0 Å². The van der Waals surface area contributed by atoms with Gasteiger partial charge in [-0.2, -0.15) is 17.0 Å². The smallest absolute Gasteiger partial charge is 0.282 e. The summed E-state index contributed by atoms with van der Waals surface area (Å²) in [6.45, 7) is 5.02. The number of piperidine rings is 1. The van der Waals surface area contributed by atoms with E-state index in [1.807, 2.05) is 30.3 Å². The summed E-state index contributed by atoms with van der Waals surface area (Å²) in [4.78, 5) is 14.2. The van der Waals surface area contributed by atoms with Crippen LogP contribution in [0.25, 0.3) is 0 Å². The van der Waals surface area contributed by atoms with Crippen LogP contribution in [0, 0.1) is 5.92 Å². The molecule has 1 atom stereocenters. The molecule has 1 aromatic carbocycles. The number of piperazine rings is 1. The van der Waals surface area contributed by atoms with Crippen LogP contribution in [0.4, 0.5) is 0 Å². The minimum absolute atomic E-state index is 0.0647. The van der Waals surface area contributed by atoms with Crippen LogP contribution in [0.5, 0.6) is 0 Å². The fraction of sp³-hybridized carbons (Fsp3) is 0.611. The van der Waals surface area contributed by atoms with Gasteiger partial charge < -0.3 is 4.90 Å². The molecule has 0 aromatic heterocycles. The van der Waals surface area contributed by atoms with Gasteiger partial charge in [0.15, 0.2) is 0 Å². The monoisotopic (exact) mass is 365 g/mol. The maximum Gasteiger partial charge on any atom is 0.282 e. The SMILES string of the molecule is CC1CCCN(S(=O)(=O)N2CCN(C(=O)Cc3ccccc3)CC2)C1. The molecule has 2 fully saturated rings. The Bertz CT molecular complexity index is 685. The van der Waals surface area contributed by atoms with Gasteiger partial charge in [0.2, 0.25) is 5.91 Å². The van der Waals surface area contributed by atoms with E-state index >= 15 is 0 Å². The molecule has 1 unspecified atom stereocenters. The lowest BCUT2D eigenvalue weighted by atomic mass is 10.0. The van der Waals surface area contributed by atoms with Gasteiger partial charge in [-0.25, -0.2) is 0 Å². The lowest BCUT2D eigenvalue weighted by molar-refractivity contribution is -0.131. The van der Waals surface area contributed by atoms with Gasteiger partial charge in [0.25, 0.3) is 10.2 Å². The Morgan fingerprint density at radius 3 is 2.36 bits per heavy atom. The molecule has 2 aliphatic rings. The molecule has 0 bridgehead atoms. The molecule has 3 rings (SSSR count). The molecule has 0 N–H and O–H groups in total. The summed E-state index contributed by atoms with van der Waals surface area (Å²) in [5.74, 6) is 0.479. The summed E-state index contributed by atoms with van der Waals surface area (Å²) in [6, 6.07) is 9.66. The Kier molecular flexibility index (Phi) is 5.76. The molecule has 138 valence electrons. The van der Waals surface area contributed by atoms with E-state index in [9.17, 15) is 13.2 Å². The Morgan fingerprint density at radius 1 is 1.04 bits per heavy atom. The first-order valence-corrected chi connectivity index (χ1v) is 10.4. The second kappa shape index (κ2) is 7.85. The summed E-state index contributed by atoms with van der Waals surface area (Å²) in [6.07, 6.45) is 2.39. The second-order valence-corrected chi connectivity index (χ2v) is 8.98. The molecule has 7 heteroatoms. The van der Waals surface area contributed by atoms with Crippen LogP contribution in [0.2, 0.25) is 0 Å². The Hall–Kier alpha value is -1.44. The topological polar surface area (TPSA) is 60.9 Å². The molecule has 2 aliphatic heterocycles. The first-order valence-electron chi connectivity index (χ1n) is 9.04. The van der Waals surface area contributed by atoms with Gasteiger partial charge in [0.1, 0.15) is 0 Å². The van der Waals surface area contributed by atoms with Crippen molar-refractivity contribution in [3.63, 3.8) is 0 Å². The van der Waals surface area contributed by atoms with Crippen LogP contribution in [0.15, 0.2) is 30.3 Å². The third kappa shape index (κ3) is 4.40. The summed E-state index contributed by atoms with van der Waals surface area (Å²) in [5, 5.41) is 0. The third-order valence-electron chi connectivity index (χ3n) is 5.06. The number of benzene rings is 1. The van der Waals surface area contributed by atoms with Gasteiger partial charge in [-0.1, -0.05) is 37.3 Å². The van der Waals surface area contributed by atoms with E-state index in [0.29, 0.717) is 51.6 Å². The lowest BCUT2D eigenvalue weighted by Crippen LogP contribution is -2.55. The van der Waals surface area contributed by atoms with E-state index < -0.39 is 10.2 Å². The molecular formula is C18H27N3O3S. The Balaban J connectivity index is 1.55. The fourth-order valence-electron chi connectivity index (χ4n) is 3.57. The fourth-order valence-corrected chi connectivity index (χ4v) is 5.32. The third-order valence-corrected chi connectivity index (χ3v) is 7.06. The first-order chi connectivity index (χ1) is 12.0. The number of rotatable bonds is 4. The van der Waals surface area contributed by atoms with E-state index in [0.717, 1.165) is 18.4 Å². The molecule has 0 saturated carbocycles. The van der Waals surface area contributed by atoms with Crippen LogP contribution in [-0.4, -0.2) is 67.1 Å². The van der Waals surface area contributed by atoms with Gasteiger partial charge in [0.05, 0.1) is 6.42 Å². The highest BCUT2D eigenvalue weighted by atomic mass is 32.2. The molecule has 2 heterocycles. The van der Waals surface area contributed by atoms with Crippen LogP contribution in [0.1, 0.15) is 25.3 Å². The second-order valence-electron chi connectivity index (χ2n) is 7.06. The largest absolute Gasteiger partial charge is 0.340 e. The maximum absolute atomic E-state index is 12.8. The van der Waals surface area contributed by atoms with E-state index in [2.05, 4.69) is 6.92 Å². The number of hydrogen-bond donors (Lipinski definition) is 0. The van der Waals surface area contributed by atoms with Gasteiger partial charge in [-0.05, 0) is 24.3 Å².